The lowest BCUT2D eigenvalue weighted by molar-refractivity contribution is 0.178. The molecular formula is C13H17N3O2S. The smallest absolute Gasteiger partial charge is 0.203 e. The zero-order chi connectivity index (χ0) is 13.2. The van der Waals surface area contributed by atoms with Crippen LogP contribution in [0.3, 0.4) is 0 Å². The summed E-state index contributed by atoms with van der Waals surface area (Å²) in [4.78, 5) is 4.53. The van der Waals surface area contributed by atoms with Gasteiger partial charge in [0, 0.05) is 24.6 Å². The van der Waals surface area contributed by atoms with Crippen LogP contribution in [0.2, 0.25) is 0 Å². The molecule has 6 heteroatoms. The number of nitrogens with zero attached hydrogens (tertiary/aromatic N) is 2. The van der Waals surface area contributed by atoms with E-state index < -0.39 is 0 Å². The van der Waals surface area contributed by atoms with Crippen LogP contribution in [0, 0.1) is 6.92 Å². The fraction of sp³-hybridized carbons (Fsp3) is 0.538. The van der Waals surface area contributed by atoms with Crippen molar-refractivity contribution >= 4 is 16.7 Å². The molecule has 2 heterocycles. The molecule has 3 rings (SSSR count). The van der Waals surface area contributed by atoms with Gasteiger partial charge in [-0.25, -0.2) is 4.98 Å². The Kier molecular flexibility index (Phi) is 3.52. The number of hydrogen-bond acceptors (Lipinski definition) is 6. The third-order valence-electron chi connectivity index (χ3n) is 3.12. The highest BCUT2D eigenvalue weighted by Gasteiger charge is 2.28. The number of nitrogens with one attached hydrogen (secondary N) is 1. The van der Waals surface area contributed by atoms with E-state index in [-0.39, 0.29) is 6.04 Å². The van der Waals surface area contributed by atoms with Crippen molar-refractivity contribution < 1.29 is 9.15 Å². The zero-order valence-electron chi connectivity index (χ0n) is 11.0. The minimum Gasteiger partial charge on any atom is -0.464 e. The molecule has 0 spiro atoms. The Labute approximate surface area is 116 Å². The molecule has 1 saturated carbocycles. The molecule has 1 fully saturated rings. The van der Waals surface area contributed by atoms with Crippen LogP contribution >= 0.6 is 11.5 Å². The first-order chi connectivity index (χ1) is 9.26. The first-order valence-corrected chi connectivity index (χ1v) is 7.19. The number of aromatic nitrogens is 2. The Balaban J connectivity index is 1.72. The Morgan fingerprint density at radius 1 is 1.53 bits per heavy atom. The monoisotopic (exact) mass is 279 g/mol. The molecule has 1 atom stereocenters. The summed E-state index contributed by atoms with van der Waals surface area (Å²) >= 11 is 1.40. The molecule has 1 aliphatic carbocycles. The Morgan fingerprint density at radius 2 is 2.37 bits per heavy atom. The Morgan fingerprint density at radius 3 is 3.00 bits per heavy atom. The van der Waals surface area contributed by atoms with Crippen molar-refractivity contribution in [3.8, 4) is 0 Å². The third-order valence-corrected chi connectivity index (χ3v) is 3.78. The summed E-state index contributed by atoms with van der Waals surface area (Å²) in [5, 5.41) is 4.17. The van der Waals surface area contributed by atoms with Crippen LogP contribution in [0.15, 0.2) is 16.5 Å². The molecule has 5 nitrogen and oxygen atoms in total. The van der Waals surface area contributed by atoms with E-state index in [2.05, 4.69) is 14.7 Å². The van der Waals surface area contributed by atoms with Crippen molar-refractivity contribution in [1.29, 1.82) is 0 Å². The van der Waals surface area contributed by atoms with E-state index in [9.17, 15) is 0 Å². The molecule has 19 heavy (non-hydrogen) atoms. The van der Waals surface area contributed by atoms with Crippen LogP contribution < -0.4 is 5.32 Å². The Bertz CT molecular complexity index is 548. The molecule has 0 saturated heterocycles. The van der Waals surface area contributed by atoms with Gasteiger partial charge in [-0.3, -0.25) is 0 Å². The topological polar surface area (TPSA) is 60.2 Å². The first kappa shape index (κ1) is 12.6. The lowest BCUT2D eigenvalue weighted by Crippen LogP contribution is -2.15. The highest BCUT2D eigenvalue weighted by atomic mass is 32.1. The largest absolute Gasteiger partial charge is 0.464 e. The highest BCUT2D eigenvalue weighted by Crippen LogP contribution is 2.39. The van der Waals surface area contributed by atoms with E-state index in [4.69, 9.17) is 9.15 Å². The molecule has 1 N–H and O–H groups in total. The van der Waals surface area contributed by atoms with Crippen molar-refractivity contribution in [2.45, 2.75) is 31.7 Å². The van der Waals surface area contributed by atoms with Gasteiger partial charge in [0.05, 0.1) is 6.61 Å². The van der Waals surface area contributed by atoms with E-state index >= 15 is 0 Å². The zero-order valence-corrected chi connectivity index (χ0v) is 11.9. The molecule has 0 radical (unpaired) electrons. The minimum absolute atomic E-state index is 0.0290. The molecule has 0 bridgehead atoms. The average Bonchev–Trinajstić information content (AvgIpc) is 2.99. The summed E-state index contributed by atoms with van der Waals surface area (Å²) in [7, 11) is 1.68. The van der Waals surface area contributed by atoms with Crippen LogP contribution in [0.25, 0.3) is 0 Å². The summed E-state index contributed by atoms with van der Waals surface area (Å²) in [6, 6.07) is 3.89. The number of hydrogen-bond donors (Lipinski definition) is 1. The van der Waals surface area contributed by atoms with Crippen molar-refractivity contribution in [2.75, 3.05) is 19.0 Å². The number of aryl methyl sites for hydroxylation is 1. The van der Waals surface area contributed by atoms with Gasteiger partial charge in [-0.2, -0.15) is 4.37 Å². The minimum atomic E-state index is -0.0290. The van der Waals surface area contributed by atoms with Crippen molar-refractivity contribution in [1.82, 2.24) is 9.36 Å². The van der Waals surface area contributed by atoms with Crippen molar-refractivity contribution in [3.63, 3.8) is 0 Å². The summed E-state index contributed by atoms with van der Waals surface area (Å²) < 4.78 is 15.3. The Hall–Kier alpha value is -1.40. The van der Waals surface area contributed by atoms with Crippen molar-refractivity contribution in [2.24, 2.45) is 0 Å². The van der Waals surface area contributed by atoms with Gasteiger partial charge in [0.15, 0.2) is 0 Å². The van der Waals surface area contributed by atoms with Gasteiger partial charge in [-0.05, 0) is 31.9 Å². The quantitative estimate of drug-likeness (QED) is 0.880. The highest BCUT2D eigenvalue weighted by molar-refractivity contribution is 7.09. The molecular weight excluding hydrogens is 262 g/mol. The molecule has 1 aliphatic rings. The van der Waals surface area contributed by atoms with Gasteiger partial charge < -0.3 is 14.5 Å². The van der Waals surface area contributed by atoms with E-state index in [0.29, 0.717) is 12.5 Å². The SMILES string of the molecule is COCC(Nc1nc(C2CC2)ns1)c1ccc(C)o1. The van der Waals surface area contributed by atoms with Gasteiger partial charge in [-0.1, -0.05) is 0 Å². The van der Waals surface area contributed by atoms with E-state index in [1.54, 1.807) is 7.11 Å². The fourth-order valence-electron chi connectivity index (χ4n) is 1.95. The molecule has 0 aromatic carbocycles. The van der Waals surface area contributed by atoms with Crippen LogP contribution in [-0.4, -0.2) is 23.1 Å². The maximum Gasteiger partial charge on any atom is 0.203 e. The standard InChI is InChI=1S/C13H17N3O2S/c1-8-3-6-11(18-8)10(7-17-2)14-13-15-12(16-19-13)9-4-5-9/h3,6,9-10H,4-5,7H2,1-2H3,(H,14,15,16). The number of ether oxygens (including phenoxy) is 1. The normalized spacial score (nSPS) is 16.5. The van der Waals surface area contributed by atoms with Crippen LogP contribution in [-0.2, 0) is 4.74 Å². The van der Waals surface area contributed by atoms with Crippen LogP contribution in [0.1, 0.15) is 42.1 Å². The average molecular weight is 279 g/mol. The van der Waals surface area contributed by atoms with Crippen molar-refractivity contribution in [3.05, 3.63) is 29.5 Å². The van der Waals surface area contributed by atoms with E-state index in [1.807, 2.05) is 19.1 Å². The molecule has 2 aromatic heterocycles. The summed E-state index contributed by atoms with van der Waals surface area (Å²) in [6.45, 7) is 2.47. The molecule has 0 amide bonds. The third kappa shape index (κ3) is 2.96. The summed E-state index contributed by atoms with van der Waals surface area (Å²) in [5.74, 6) is 3.31. The summed E-state index contributed by atoms with van der Waals surface area (Å²) in [6.07, 6.45) is 2.43. The first-order valence-electron chi connectivity index (χ1n) is 6.41. The number of methoxy groups -OCH3 is 1. The fourth-order valence-corrected chi connectivity index (χ4v) is 2.65. The number of anilines is 1. The summed E-state index contributed by atoms with van der Waals surface area (Å²) in [5.41, 5.74) is 0. The molecule has 1 unspecified atom stereocenters. The van der Waals surface area contributed by atoms with Crippen LogP contribution in [0.5, 0.6) is 0 Å². The van der Waals surface area contributed by atoms with Crippen LogP contribution in [0.4, 0.5) is 5.13 Å². The number of furan rings is 1. The maximum atomic E-state index is 5.65. The van der Waals surface area contributed by atoms with Gasteiger partial charge in [0.1, 0.15) is 23.4 Å². The lowest BCUT2D eigenvalue weighted by atomic mass is 10.2. The predicted octanol–water partition coefficient (Wildman–Crippen LogP) is 3.12. The van der Waals surface area contributed by atoms with Gasteiger partial charge in [-0.15, -0.1) is 0 Å². The lowest BCUT2D eigenvalue weighted by Gasteiger charge is -2.14. The van der Waals surface area contributed by atoms with E-state index in [0.717, 1.165) is 22.5 Å². The molecule has 102 valence electrons. The second-order valence-corrected chi connectivity index (χ2v) is 5.58. The predicted molar refractivity (Wildman–Crippen MR) is 73.6 cm³/mol. The van der Waals surface area contributed by atoms with Gasteiger partial charge >= 0.3 is 0 Å². The molecule has 0 aliphatic heterocycles. The second-order valence-electron chi connectivity index (χ2n) is 4.83. The van der Waals surface area contributed by atoms with E-state index in [1.165, 1.54) is 24.4 Å². The second kappa shape index (κ2) is 5.30. The van der Waals surface area contributed by atoms with Gasteiger partial charge in [0.25, 0.3) is 0 Å². The maximum absolute atomic E-state index is 5.65. The molecule has 2 aromatic rings. The van der Waals surface area contributed by atoms with Gasteiger partial charge in [0.2, 0.25) is 5.13 Å². The number of rotatable bonds is 6.